The fourth-order valence-corrected chi connectivity index (χ4v) is 5.11. The molecule has 4 rings (SSSR count). The third kappa shape index (κ3) is 5.01. The summed E-state index contributed by atoms with van der Waals surface area (Å²) in [4.78, 5) is 38.2. The van der Waals surface area contributed by atoms with Crippen LogP contribution in [0.1, 0.15) is 53.4 Å². The molecule has 3 N–H and O–H groups in total. The lowest BCUT2D eigenvalue weighted by molar-refractivity contribution is -0.676. The Labute approximate surface area is 216 Å². The van der Waals surface area contributed by atoms with Gasteiger partial charge in [-0.15, -0.1) is 0 Å². The van der Waals surface area contributed by atoms with Crippen molar-refractivity contribution in [2.75, 3.05) is 32.9 Å². The highest BCUT2D eigenvalue weighted by molar-refractivity contribution is 6.29. The number of nitrogens with zero attached hydrogens (tertiary/aromatic N) is 6. The van der Waals surface area contributed by atoms with Crippen molar-refractivity contribution in [3.05, 3.63) is 46.6 Å². The van der Waals surface area contributed by atoms with Crippen molar-refractivity contribution in [3.63, 3.8) is 0 Å². The number of hydrogen-bond acceptors (Lipinski definition) is 6. The van der Waals surface area contributed by atoms with E-state index in [0.717, 1.165) is 42.8 Å². The lowest BCUT2D eigenvalue weighted by Crippen LogP contribution is -2.44. The molecule has 1 aromatic carbocycles. The summed E-state index contributed by atoms with van der Waals surface area (Å²) in [6.07, 6.45) is 3.26. The summed E-state index contributed by atoms with van der Waals surface area (Å²) in [5, 5.41) is 3.00. The van der Waals surface area contributed by atoms with Crippen LogP contribution in [-0.4, -0.2) is 69.4 Å². The zero-order chi connectivity index (χ0) is 26.0. The third-order valence-electron chi connectivity index (χ3n) is 6.94. The van der Waals surface area contributed by atoms with Crippen LogP contribution in [0.2, 0.25) is 5.15 Å². The number of carbonyl (C=O) groups excluding carboxylic acids is 2. The second kappa shape index (κ2) is 10.8. The number of piperidine rings is 1. The Morgan fingerprint density at radius 3 is 2.61 bits per heavy atom. The van der Waals surface area contributed by atoms with Crippen LogP contribution >= 0.6 is 11.6 Å². The number of halogens is 1. The van der Waals surface area contributed by atoms with E-state index in [-0.39, 0.29) is 29.1 Å². The van der Waals surface area contributed by atoms with Gasteiger partial charge in [-0.2, -0.15) is 0 Å². The van der Waals surface area contributed by atoms with Gasteiger partial charge in [-0.05, 0) is 52.9 Å². The smallest absolute Gasteiger partial charge is 0.277 e. The normalized spacial score (nSPS) is 14.6. The molecule has 192 valence electrons. The van der Waals surface area contributed by atoms with Crippen molar-refractivity contribution in [1.29, 1.82) is 0 Å². The molecule has 0 saturated carbocycles. The molecule has 2 aromatic heterocycles. The first-order valence-electron chi connectivity index (χ1n) is 12.3. The number of hydrogen-bond donors (Lipinski definition) is 2. The molecule has 0 bridgehead atoms. The summed E-state index contributed by atoms with van der Waals surface area (Å²) in [5.41, 5.74) is 8.46. The van der Waals surface area contributed by atoms with Crippen LogP contribution in [0.25, 0.3) is 11.0 Å². The number of nitrogens with two attached hydrogens (primary N) is 1. The molecule has 1 aliphatic heterocycles. The third-order valence-corrected chi connectivity index (χ3v) is 7.12. The number of aryl methyl sites for hydroxylation is 2. The average molecular weight is 514 g/mol. The fourth-order valence-electron chi connectivity index (χ4n) is 4.98. The first-order chi connectivity index (χ1) is 17.2. The second-order valence-corrected chi connectivity index (χ2v) is 9.59. The molecule has 0 aliphatic carbocycles. The molecule has 2 amide bonds. The van der Waals surface area contributed by atoms with Crippen LogP contribution in [0.15, 0.2) is 24.4 Å². The Morgan fingerprint density at radius 1 is 1.25 bits per heavy atom. The maximum atomic E-state index is 13.3. The largest absolute Gasteiger partial charge is 0.382 e. The quantitative estimate of drug-likeness (QED) is 0.468. The Balaban J connectivity index is 1.60. The summed E-state index contributed by atoms with van der Waals surface area (Å²) in [7, 11) is 4.19. The number of nitrogens with one attached hydrogen (secondary N) is 1. The van der Waals surface area contributed by atoms with Gasteiger partial charge < -0.3 is 20.9 Å². The zero-order valence-electron chi connectivity index (χ0n) is 21.3. The number of carbonyl (C=O) groups is 2. The SMILES string of the molecule is CCn1c(CNC(=O)c2nc(Cl)cnc2N)[n+](CC)c2ccc(C(=O)N3CCC(N(C)C)CC3)cc21. The topological polar surface area (TPSA) is 113 Å². The molecule has 0 atom stereocenters. The van der Waals surface area contributed by atoms with Gasteiger partial charge in [-0.25, -0.2) is 19.1 Å². The van der Waals surface area contributed by atoms with Crippen LogP contribution in [0.4, 0.5) is 5.82 Å². The van der Waals surface area contributed by atoms with E-state index in [4.69, 9.17) is 17.3 Å². The molecule has 0 spiro atoms. The van der Waals surface area contributed by atoms with Crippen LogP contribution in [0.3, 0.4) is 0 Å². The van der Waals surface area contributed by atoms with E-state index < -0.39 is 5.91 Å². The van der Waals surface area contributed by atoms with Gasteiger partial charge in [-0.1, -0.05) is 11.6 Å². The van der Waals surface area contributed by atoms with E-state index in [0.29, 0.717) is 24.7 Å². The molecule has 10 nitrogen and oxygen atoms in total. The maximum Gasteiger partial charge on any atom is 0.277 e. The summed E-state index contributed by atoms with van der Waals surface area (Å²) >= 11 is 5.89. The molecule has 11 heteroatoms. The van der Waals surface area contributed by atoms with Gasteiger partial charge in [-0.3, -0.25) is 9.59 Å². The van der Waals surface area contributed by atoms with E-state index in [2.05, 4.69) is 50.3 Å². The van der Waals surface area contributed by atoms with Crippen molar-refractivity contribution in [1.82, 2.24) is 29.7 Å². The Morgan fingerprint density at radius 2 is 1.97 bits per heavy atom. The van der Waals surface area contributed by atoms with E-state index in [1.54, 1.807) is 0 Å². The van der Waals surface area contributed by atoms with Gasteiger partial charge >= 0.3 is 0 Å². The summed E-state index contributed by atoms with van der Waals surface area (Å²) in [6, 6.07) is 6.39. The molecule has 3 aromatic rings. The van der Waals surface area contributed by atoms with Gasteiger partial charge in [0.05, 0.1) is 19.3 Å². The number of amides is 2. The van der Waals surface area contributed by atoms with Crippen molar-refractivity contribution < 1.29 is 14.2 Å². The van der Waals surface area contributed by atoms with E-state index in [9.17, 15) is 9.59 Å². The minimum atomic E-state index is -0.449. The first-order valence-corrected chi connectivity index (χ1v) is 12.7. The maximum absolute atomic E-state index is 13.3. The number of benzene rings is 1. The number of imidazole rings is 1. The highest BCUT2D eigenvalue weighted by Crippen LogP contribution is 2.21. The van der Waals surface area contributed by atoms with E-state index in [1.165, 1.54) is 6.20 Å². The Bertz CT molecular complexity index is 1280. The highest BCUT2D eigenvalue weighted by atomic mass is 35.5. The first kappa shape index (κ1) is 25.8. The second-order valence-electron chi connectivity index (χ2n) is 9.20. The van der Waals surface area contributed by atoms with Gasteiger partial charge in [0, 0.05) is 30.8 Å². The van der Waals surface area contributed by atoms with Crippen molar-refractivity contribution in [3.8, 4) is 0 Å². The summed E-state index contributed by atoms with van der Waals surface area (Å²) < 4.78 is 4.27. The predicted molar refractivity (Wildman–Crippen MR) is 139 cm³/mol. The average Bonchev–Trinajstić information content (AvgIpc) is 3.19. The molecular weight excluding hydrogens is 480 g/mol. The van der Waals surface area contributed by atoms with Crippen molar-refractivity contribution in [2.24, 2.45) is 0 Å². The predicted octanol–water partition coefficient (Wildman–Crippen LogP) is 2.09. The number of aromatic nitrogens is 4. The summed E-state index contributed by atoms with van der Waals surface area (Å²) in [6.45, 7) is 7.26. The Kier molecular flexibility index (Phi) is 7.75. The zero-order valence-corrected chi connectivity index (χ0v) is 22.0. The van der Waals surface area contributed by atoms with Crippen LogP contribution in [-0.2, 0) is 19.6 Å². The van der Waals surface area contributed by atoms with Gasteiger partial charge in [0.15, 0.2) is 22.5 Å². The van der Waals surface area contributed by atoms with Crippen LogP contribution < -0.4 is 15.6 Å². The van der Waals surface area contributed by atoms with Crippen molar-refractivity contribution >= 4 is 40.3 Å². The monoisotopic (exact) mass is 513 g/mol. The molecular formula is C25H34ClN8O2+. The number of nitrogen functional groups attached to an aromatic ring is 1. The van der Waals surface area contributed by atoms with E-state index >= 15 is 0 Å². The number of likely N-dealkylation sites (tertiary alicyclic amines) is 1. The molecule has 0 unspecified atom stereocenters. The molecule has 1 aliphatic rings. The fraction of sp³-hybridized carbons (Fsp3) is 0.480. The Hall–Kier alpha value is -3.24. The number of rotatable bonds is 7. The summed E-state index contributed by atoms with van der Waals surface area (Å²) in [5.74, 6) is 0.545. The molecule has 0 radical (unpaired) electrons. The molecule has 3 heterocycles. The molecule has 36 heavy (non-hydrogen) atoms. The van der Waals surface area contributed by atoms with Crippen molar-refractivity contribution in [2.45, 2.75) is 52.4 Å². The van der Waals surface area contributed by atoms with Gasteiger partial charge in [0.1, 0.15) is 11.7 Å². The highest BCUT2D eigenvalue weighted by Gasteiger charge is 2.28. The standard InChI is InChI=1S/C25H33ClN8O2/c1-5-33-18-8-7-16(25(36)32-11-9-17(10-12-32)31(3)4)13-19(18)34(6-2)21(33)15-29-24(35)22-23(27)28-14-20(26)30-22/h7-8,13-14,17H,5-6,9-12,15H2,1-4H3,(H2-,27,28,29,35)/p+1. The minimum absolute atomic E-state index is 0.00405. The van der Waals surface area contributed by atoms with E-state index in [1.807, 2.05) is 30.0 Å². The van der Waals surface area contributed by atoms with Crippen LogP contribution in [0, 0.1) is 0 Å². The number of anilines is 1. The van der Waals surface area contributed by atoms with Gasteiger partial charge in [0.25, 0.3) is 17.6 Å². The molecule has 1 saturated heterocycles. The number of fused-ring (bicyclic) bond motifs is 1. The van der Waals surface area contributed by atoms with Gasteiger partial charge in [0.2, 0.25) is 0 Å². The lowest BCUT2D eigenvalue weighted by Gasteiger charge is -2.35. The lowest BCUT2D eigenvalue weighted by atomic mass is 10.0. The minimum Gasteiger partial charge on any atom is -0.382 e. The van der Waals surface area contributed by atoms with Crippen LogP contribution in [0.5, 0.6) is 0 Å². The molecule has 1 fully saturated rings.